The number of rotatable bonds is 5. The first-order chi connectivity index (χ1) is 16.0. The number of benzene rings is 1. The van der Waals surface area contributed by atoms with E-state index >= 15 is 0 Å². The summed E-state index contributed by atoms with van der Waals surface area (Å²) in [4.78, 5) is 36.8. The SMILES string of the molecule is CN1CCN(C(=O)c2ccc(NC(=O)C3CC3)cc2N2CCCC2)C(c2ccncc2Cl)C1. The van der Waals surface area contributed by atoms with E-state index < -0.39 is 0 Å². The lowest BCUT2D eigenvalue weighted by atomic mass is 10.0. The van der Waals surface area contributed by atoms with Crippen LogP contribution in [0, 0.1) is 5.92 Å². The summed E-state index contributed by atoms with van der Waals surface area (Å²) < 4.78 is 0. The van der Waals surface area contributed by atoms with E-state index in [1.165, 1.54) is 0 Å². The van der Waals surface area contributed by atoms with Gasteiger partial charge in [0.2, 0.25) is 5.91 Å². The van der Waals surface area contributed by atoms with Gasteiger partial charge in [-0.15, -0.1) is 0 Å². The normalized spacial score (nSPS) is 21.3. The number of pyridine rings is 1. The molecule has 0 bridgehead atoms. The van der Waals surface area contributed by atoms with Gasteiger partial charge in [-0.25, -0.2) is 0 Å². The minimum absolute atomic E-state index is 0.00273. The van der Waals surface area contributed by atoms with Crippen LogP contribution in [0.25, 0.3) is 0 Å². The van der Waals surface area contributed by atoms with E-state index in [0.29, 0.717) is 23.7 Å². The number of hydrogen-bond acceptors (Lipinski definition) is 5. The standard InChI is InChI=1S/C25H30ClN5O2/c1-29-12-13-31(23(16-29)19-8-9-27-15-21(19)26)25(33)20-7-6-18(28-24(32)17-4-5-17)14-22(20)30-10-2-3-11-30/h6-9,14-15,17,23H,2-5,10-13,16H2,1H3,(H,28,32). The number of carbonyl (C=O) groups is 2. The molecule has 1 aromatic carbocycles. The molecule has 3 aliphatic rings. The fraction of sp³-hybridized carbons (Fsp3) is 0.480. The number of carbonyl (C=O) groups excluding carboxylic acids is 2. The Hall–Kier alpha value is -2.64. The van der Waals surface area contributed by atoms with Crippen LogP contribution in [0.2, 0.25) is 5.02 Å². The Bertz CT molecular complexity index is 1050. The Labute approximate surface area is 199 Å². The number of nitrogens with zero attached hydrogens (tertiary/aromatic N) is 4. The average molecular weight is 468 g/mol. The molecule has 2 amide bonds. The van der Waals surface area contributed by atoms with Gasteiger partial charge in [-0.3, -0.25) is 14.6 Å². The molecule has 1 aromatic heterocycles. The highest BCUT2D eigenvalue weighted by molar-refractivity contribution is 6.31. The molecule has 3 fully saturated rings. The average Bonchev–Trinajstić information content (AvgIpc) is 3.53. The molecule has 1 aliphatic carbocycles. The molecule has 1 unspecified atom stereocenters. The largest absolute Gasteiger partial charge is 0.371 e. The predicted molar refractivity (Wildman–Crippen MR) is 130 cm³/mol. The zero-order valence-corrected chi connectivity index (χ0v) is 19.7. The first-order valence-electron chi connectivity index (χ1n) is 11.8. The van der Waals surface area contributed by atoms with Crippen molar-refractivity contribution < 1.29 is 9.59 Å². The molecular weight excluding hydrogens is 438 g/mol. The summed E-state index contributed by atoms with van der Waals surface area (Å²) in [6, 6.07) is 7.47. The van der Waals surface area contributed by atoms with Crippen LogP contribution in [-0.4, -0.2) is 66.4 Å². The van der Waals surface area contributed by atoms with Crippen molar-refractivity contribution >= 4 is 34.8 Å². The third-order valence-electron chi connectivity index (χ3n) is 6.90. The molecular formula is C25H30ClN5O2. The Balaban J connectivity index is 1.47. The fourth-order valence-electron chi connectivity index (χ4n) is 4.84. The molecule has 7 nitrogen and oxygen atoms in total. The molecule has 8 heteroatoms. The second-order valence-electron chi connectivity index (χ2n) is 9.36. The van der Waals surface area contributed by atoms with Gasteiger partial charge in [0.05, 0.1) is 22.3 Å². The van der Waals surface area contributed by atoms with E-state index in [-0.39, 0.29) is 23.8 Å². The van der Waals surface area contributed by atoms with Crippen molar-refractivity contribution in [3.05, 3.63) is 52.8 Å². The molecule has 1 atom stereocenters. The van der Waals surface area contributed by atoms with Crippen molar-refractivity contribution in [3.63, 3.8) is 0 Å². The fourth-order valence-corrected chi connectivity index (χ4v) is 5.08. The van der Waals surface area contributed by atoms with Crippen molar-refractivity contribution in [2.24, 2.45) is 5.92 Å². The van der Waals surface area contributed by atoms with Crippen LogP contribution in [0.5, 0.6) is 0 Å². The van der Waals surface area contributed by atoms with Crippen LogP contribution in [0.15, 0.2) is 36.7 Å². The summed E-state index contributed by atoms with van der Waals surface area (Å²) in [5, 5.41) is 3.62. The summed E-state index contributed by atoms with van der Waals surface area (Å²) in [6.07, 6.45) is 7.51. The van der Waals surface area contributed by atoms with Gasteiger partial charge in [0.25, 0.3) is 5.91 Å². The minimum atomic E-state index is -0.146. The van der Waals surface area contributed by atoms with Crippen LogP contribution < -0.4 is 10.2 Å². The monoisotopic (exact) mass is 467 g/mol. The van der Waals surface area contributed by atoms with Crippen LogP contribution in [0.3, 0.4) is 0 Å². The van der Waals surface area contributed by atoms with E-state index in [1.807, 2.05) is 29.2 Å². The van der Waals surface area contributed by atoms with Gasteiger partial charge in [-0.05, 0) is 62.6 Å². The molecule has 2 aliphatic heterocycles. The quantitative estimate of drug-likeness (QED) is 0.724. The second kappa shape index (κ2) is 9.31. The highest BCUT2D eigenvalue weighted by Crippen LogP contribution is 2.35. The smallest absolute Gasteiger partial charge is 0.256 e. The van der Waals surface area contributed by atoms with E-state index in [1.54, 1.807) is 12.4 Å². The lowest BCUT2D eigenvalue weighted by Crippen LogP contribution is -2.49. The van der Waals surface area contributed by atoms with Crippen molar-refractivity contribution in [1.82, 2.24) is 14.8 Å². The highest BCUT2D eigenvalue weighted by Gasteiger charge is 2.34. The number of anilines is 2. The molecule has 1 saturated carbocycles. The molecule has 2 aromatic rings. The van der Waals surface area contributed by atoms with Crippen molar-refractivity contribution in [2.75, 3.05) is 50.0 Å². The first kappa shape index (κ1) is 22.2. The lowest BCUT2D eigenvalue weighted by molar-refractivity contribution is -0.117. The van der Waals surface area contributed by atoms with Crippen LogP contribution in [0.1, 0.15) is 47.6 Å². The van der Waals surface area contributed by atoms with Gasteiger partial charge in [0.1, 0.15) is 0 Å². The minimum Gasteiger partial charge on any atom is -0.371 e. The zero-order chi connectivity index (χ0) is 22.9. The summed E-state index contributed by atoms with van der Waals surface area (Å²) in [5.41, 5.74) is 3.27. The molecule has 2 saturated heterocycles. The molecule has 1 N–H and O–H groups in total. The summed E-state index contributed by atoms with van der Waals surface area (Å²) >= 11 is 6.49. The van der Waals surface area contributed by atoms with Gasteiger partial charge >= 0.3 is 0 Å². The second-order valence-corrected chi connectivity index (χ2v) is 9.77. The Morgan fingerprint density at radius 3 is 2.61 bits per heavy atom. The number of halogens is 1. The number of aromatic nitrogens is 1. The third-order valence-corrected chi connectivity index (χ3v) is 7.21. The number of hydrogen-bond donors (Lipinski definition) is 1. The number of amides is 2. The number of nitrogens with one attached hydrogen (secondary N) is 1. The van der Waals surface area contributed by atoms with Crippen LogP contribution in [0.4, 0.5) is 11.4 Å². The highest BCUT2D eigenvalue weighted by atomic mass is 35.5. The van der Waals surface area contributed by atoms with Crippen molar-refractivity contribution in [3.8, 4) is 0 Å². The van der Waals surface area contributed by atoms with E-state index in [0.717, 1.165) is 62.3 Å². The summed E-state index contributed by atoms with van der Waals surface area (Å²) in [7, 11) is 2.07. The maximum atomic E-state index is 14.0. The Morgan fingerprint density at radius 1 is 1.09 bits per heavy atom. The van der Waals surface area contributed by atoms with Gasteiger partial charge in [-0.2, -0.15) is 0 Å². The van der Waals surface area contributed by atoms with Gasteiger partial charge in [-0.1, -0.05) is 11.6 Å². The van der Waals surface area contributed by atoms with Crippen molar-refractivity contribution in [1.29, 1.82) is 0 Å². The Kier molecular flexibility index (Phi) is 6.25. The summed E-state index contributed by atoms with van der Waals surface area (Å²) in [6.45, 7) is 3.98. The summed E-state index contributed by atoms with van der Waals surface area (Å²) in [5.74, 6) is 0.216. The first-order valence-corrected chi connectivity index (χ1v) is 12.2. The molecule has 0 spiro atoms. The molecule has 5 rings (SSSR count). The molecule has 33 heavy (non-hydrogen) atoms. The molecule has 0 radical (unpaired) electrons. The van der Waals surface area contributed by atoms with E-state index in [2.05, 4.69) is 27.1 Å². The molecule has 3 heterocycles. The maximum Gasteiger partial charge on any atom is 0.256 e. The Morgan fingerprint density at radius 2 is 1.88 bits per heavy atom. The van der Waals surface area contributed by atoms with E-state index in [4.69, 9.17) is 11.6 Å². The van der Waals surface area contributed by atoms with Gasteiger partial charge in [0, 0.05) is 56.7 Å². The molecule has 174 valence electrons. The number of likely N-dealkylation sites (N-methyl/N-ethyl adjacent to an activating group) is 1. The maximum absolute atomic E-state index is 14.0. The van der Waals surface area contributed by atoms with Crippen LogP contribution in [-0.2, 0) is 4.79 Å². The zero-order valence-electron chi connectivity index (χ0n) is 19.0. The van der Waals surface area contributed by atoms with Crippen LogP contribution >= 0.6 is 11.6 Å². The lowest BCUT2D eigenvalue weighted by Gasteiger charge is -2.41. The van der Waals surface area contributed by atoms with E-state index in [9.17, 15) is 9.59 Å². The predicted octanol–water partition coefficient (Wildman–Crippen LogP) is 3.81. The van der Waals surface area contributed by atoms with Crippen molar-refractivity contribution in [2.45, 2.75) is 31.7 Å². The number of piperazine rings is 1. The van der Waals surface area contributed by atoms with Gasteiger partial charge in [0.15, 0.2) is 0 Å². The topological polar surface area (TPSA) is 68.8 Å². The third kappa shape index (κ3) is 4.70. The van der Waals surface area contributed by atoms with Gasteiger partial charge < -0.3 is 20.0 Å².